The summed E-state index contributed by atoms with van der Waals surface area (Å²) in [4.78, 5) is 13.2. The summed E-state index contributed by atoms with van der Waals surface area (Å²) in [5.41, 5.74) is 3.78. The van der Waals surface area contributed by atoms with Crippen LogP contribution in [0.3, 0.4) is 0 Å². The highest BCUT2D eigenvalue weighted by atomic mass is 35.5. The Kier molecular flexibility index (Phi) is 7.71. The number of hydrogen-bond donors (Lipinski definition) is 1. The highest BCUT2D eigenvalue weighted by Gasteiger charge is 2.32. The molecular formula is C27H29ClN2O3S. The van der Waals surface area contributed by atoms with Crippen molar-refractivity contribution < 1.29 is 13.2 Å². The summed E-state index contributed by atoms with van der Waals surface area (Å²) in [7, 11) is -3.50. The van der Waals surface area contributed by atoms with Crippen LogP contribution in [0.1, 0.15) is 41.1 Å². The van der Waals surface area contributed by atoms with Gasteiger partial charge in [0.1, 0.15) is 0 Å². The number of piperidine rings is 1. The van der Waals surface area contributed by atoms with E-state index in [4.69, 9.17) is 11.6 Å². The van der Waals surface area contributed by atoms with Gasteiger partial charge in [-0.3, -0.25) is 4.79 Å². The number of aryl methyl sites for hydroxylation is 1. The lowest BCUT2D eigenvalue weighted by Crippen LogP contribution is -2.44. The molecule has 0 aromatic heterocycles. The Labute approximate surface area is 206 Å². The fourth-order valence-electron chi connectivity index (χ4n) is 4.32. The van der Waals surface area contributed by atoms with Gasteiger partial charge in [0.25, 0.3) is 0 Å². The second kappa shape index (κ2) is 10.7. The summed E-state index contributed by atoms with van der Waals surface area (Å²) in [5.74, 6) is -0.409. The number of nitrogens with zero attached hydrogens (tertiary/aromatic N) is 1. The van der Waals surface area contributed by atoms with Crippen molar-refractivity contribution in [1.29, 1.82) is 0 Å². The average molecular weight is 497 g/mol. The first-order valence-corrected chi connectivity index (χ1v) is 13.5. The number of amides is 1. The van der Waals surface area contributed by atoms with Crippen LogP contribution in [-0.2, 0) is 20.6 Å². The summed E-state index contributed by atoms with van der Waals surface area (Å²) in [6.45, 7) is 2.68. The Morgan fingerprint density at radius 1 is 0.941 bits per heavy atom. The second-order valence-electron chi connectivity index (χ2n) is 8.78. The first-order valence-electron chi connectivity index (χ1n) is 11.5. The first-order chi connectivity index (χ1) is 16.3. The summed E-state index contributed by atoms with van der Waals surface area (Å²) < 4.78 is 27.3. The number of hydrogen-bond acceptors (Lipinski definition) is 3. The fraction of sp³-hybridized carbons (Fsp3) is 0.296. The summed E-state index contributed by atoms with van der Waals surface area (Å²) >= 11 is 6.16. The van der Waals surface area contributed by atoms with E-state index in [0.29, 0.717) is 36.5 Å². The lowest BCUT2D eigenvalue weighted by molar-refractivity contribution is -0.126. The Bertz CT molecular complexity index is 1220. The van der Waals surface area contributed by atoms with E-state index in [2.05, 4.69) is 5.32 Å². The summed E-state index contributed by atoms with van der Waals surface area (Å²) in [6.07, 6.45) is 0.978. The number of rotatable bonds is 7. The maximum atomic E-state index is 13.2. The molecule has 7 heteroatoms. The molecule has 0 aliphatic carbocycles. The molecule has 1 saturated heterocycles. The van der Waals surface area contributed by atoms with Crippen LogP contribution in [0.15, 0.2) is 78.9 Å². The van der Waals surface area contributed by atoms with Gasteiger partial charge in [0.05, 0.1) is 11.8 Å². The van der Waals surface area contributed by atoms with E-state index in [1.807, 2.05) is 61.5 Å². The van der Waals surface area contributed by atoms with Gasteiger partial charge >= 0.3 is 0 Å². The number of nitrogens with one attached hydrogen (secondary N) is 1. The molecule has 0 unspecified atom stereocenters. The molecule has 1 heterocycles. The molecule has 5 nitrogen and oxygen atoms in total. The summed E-state index contributed by atoms with van der Waals surface area (Å²) in [6, 6.07) is 24.8. The Morgan fingerprint density at radius 2 is 1.53 bits per heavy atom. The van der Waals surface area contributed by atoms with Crippen LogP contribution in [0.5, 0.6) is 0 Å². The van der Waals surface area contributed by atoms with Crippen LogP contribution >= 0.6 is 11.6 Å². The molecule has 4 rings (SSSR count). The van der Waals surface area contributed by atoms with Crippen LogP contribution in [0.25, 0.3) is 0 Å². The van der Waals surface area contributed by atoms with Crippen LogP contribution in [0.2, 0.25) is 5.02 Å². The number of halogens is 1. The Morgan fingerprint density at radius 3 is 2.18 bits per heavy atom. The minimum Gasteiger partial charge on any atom is -0.345 e. The minimum absolute atomic E-state index is 0.0439. The maximum Gasteiger partial charge on any atom is 0.223 e. The topological polar surface area (TPSA) is 66.5 Å². The largest absolute Gasteiger partial charge is 0.345 e. The third-order valence-electron chi connectivity index (χ3n) is 6.34. The molecular weight excluding hydrogens is 468 g/mol. The average Bonchev–Trinajstić information content (AvgIpc) is 2.85. The third kappa shape index (κ3) is 5.87. The van der Waals surface area contributed by atoms with E-state index in [9.17, 15) is 13.2 Å². The van der Waals surface area contributed by atoms with E-state index in [0.717, 1.165) is 16.7 Å². The second-order valence-corrected chi connectivity index (χ2v) is 11.2. The smallest absolute Gasteiger partial charge is 0.223 e. The van der Waals surface area contributed by atoms with Crippen molar-refractivity contribution in [3.63, 3.8) is 0 Å². The monoisotopic (exact) mass is 496 g/mol. The van der Waals surface area contributed by atoms with Gasteiger partial charge in [-0.25, -0.2) is 12.7 Å². The Hall–Kier alpha value is -2.67. The predicted octanol–water partition coefficient (Wildman–Crippen LogP) is 5.10. The lowest BCUT2D eigenvalue weighted by atomic mass is 9.94. The van der Waals surface area contributed by atoms with Gasteiger partial charge in [-0.1, -0.05) is 90.0 Å². The standard InChI is InChI=1S/C27H29ClN2O3S/c1-20-11-13-22(14-12-20)26(21-7-3-2-4-8-21)29-27(31)23-15-17-30(18-16-23)34(32,33)19-24-9-5-6-10-25(24)28/h2-14,23,26H,15-19H2,1H3,(H,29,31)/t26-/m1/s1. The molecule has 34 heavy (non-hydrogen) atoms. The molecule has 1 fully saturated rings. The number of carbonyl (C=O) groups is 1. The van der Waals surface area contributed by atoms with Crippen molar-refractivity contribution >= 4 is 27.5 Å². The molecule has 3 aromatic carbocycles. The van der Waals surface area contributed by atoms with E-state index in [-0.39, 0.29) is 23.6 Å². The van der Waals surface area contributed by atoms with Crippen molar-refractivity contribution in [3.8, 4) is 0 Å². The van der Waals surface area contributed by atoms with Crippen molar-refractivity contribution in [2.75, 3.05) is 13.1 Å². The normalized spacial score (nSPS) is 16.2. The lowest BCUT2D eigenvalue weighted by Gasteiger charge is -2.32. The molecule has 0 saturated carbocycles. The van der Waals surface area contributed by atoms with E-state index in [1.54, 1.807) is 24.3 Å². The Balaban J connectivity index is 1.42. The minimum atomic E-state index is -3.50. The van der Waals surface area contributed by atoms with Gasteiger partial charge in [0.2, 0.25) is 15.9 Å². The van der Waals surface area contributed by atoms with Crippen LogP contribution < -0.4 is 5.32 Å². The van der Waals surface area contributed by atoms with E-state index < -0.39 is 10.0 Å². The molecule has 1 N–H and O–H groups in total. The highest BCUT2D eigenvalue weighted by Crippen LogP contribution is 2.27. The van der Waals surface area contributed by atoms with Crippen molar-refractivity contribution in [2.45, 2.75) is 31.6 Å². The number of carbonyl (C=O) groups excluding carboxylic acids is 1. The quantitative estimate of drug-likeness (QED) is 0.495. The molecule has 0 spiro atoms. The van der Waals surface area contributed by atoms with Crippen LogP contribution in [-0.4, -0.2) is 31.7 Å². The first kappa shape index (κ1) is 24.5. The van der Waals surface area contributed by atoms with Gasteiger partial charge in [-0.2, -0.15) is 0 Å². The third-order valence-corrected chi connectivity index (χ3v) is 8.54. The zero-order valence-electron chi connectivity index (χ0n) is 19.2. The molecule has 1 atom stereocenters. The van der Waals surface area contributed by atoms with E-state index >= 15 is 0 Å². The SMILES string of the molecule is Cc1ccc([C@H](NC(=O)C2CCN(S(=O)(=O)Cc3ccccc3Cl)CC2)c2ccccc2)cc1. The van der Waals surface area contributed by atoms with Gasteiger partial charge in [-0.15, -0.1) is 0 Å². The number of sulfonamides is 1. The van der Waals surface area contributed by atoms with Crippen LogP contribution in [0.4, 0.5) is 0 Å². The molecule has 0 bridgehead atoms. The van der Waals surface area contributed by atoms with Gasteiger partial charge in [0, 0.05) is 24.0 Å². The molecule has 178 valence electrons. The van der Waals surface area contributed by atoms with E-state index in [1.165, 1.54) is 4.31 Å². The molecule has 1 amide bonds. The van der Waals surface area contributed by atoms with Gasteiger partial charge in [0.15, 0.2) is 0 Å². The molecule has 0 radical (unpaired) electrons. The van der Waals surface area contributed by atoms with Crippen molar-refractivity contribution in [3.05, 3.63) is 106 Å². The predicted molar refractivity (Wildman–Crippen MR) is 136 cm³/mol. The van der Waals surface area contributed by atoms with Crippen molar-refractivity contribution in [2.24, 2.45) is 5.92 Å². The van der Waals surface area contributed by atoms with Crippen LogP contribution in [0, 0.1) is 12.8 Å². The fourth-order valence-corrected chi connectivity index (χ4v) is 6.20. The van der Waals surface area contributed by atoms with Gasteiger partial charge < -0.3 is 5.32 Å². The number of benzene rings is 3. The zero-order chi connectivity index (χ0) is 24.1. The van der Waals surface area contributed by atoms with Crippen molar-refractivity contribution in [1.82, 2.24) is 9.62 Å². The summed E-state index contributed by atoms with van der Waals surface area (Å²) in [5, 5.41) is 3.66. The van der Waals surface area contributed by atoms with Gasteiger partial charge in [-0.05, 0) is 42.5 Å². The maximum absolute atomic E-state index is 13.2. The molecule has 1 aliphatic heterocycles. The molecule has 1 aliphatic rings. The highest BCUT2D eigenvalue weighted by molar-refractivity contribution is 7.88. The molecule has 3 aromatic rings. The zero-order valence-corrected chi connectivity index (χ0v) is 20.7.